The first-order chi connectivity index (χ1) is 19.1. The highest BCUT2D eigenvalue weighted by molar-refractivity contribution is 7.92. The Morgan fingerprint density at radius 3 is 2.60 bits per heavy atom. The number of fused-ring (bicyclic) bond motifs is 1. The monoisotopic (exact) mass is 567 g/mol. The number of nitrogens with zero attached hydrogens (tertiary/aromatic N) is 5. The lowest BCUT2D eigenvalue weighted by molar-refractivity contribution is -0.00571. The van der Waals surface area contributed by atoms with Gasteiger partial charge in [-0.3, -0.25) is 9.78 Å². The molecule has 3 atom stereocenters. The normalized spacial score (nSPS) is 19.0. The van der Waals surface area contributed by atoms with Gasteiger partial charge in [-0.2, -0.15) is 8.78 Å². The van der Waals surface area contributed by atoms with Gasteiger partial charge in [-0.05, 0) is 56.3 Å². The number of amides is 1. The van der Waals surface area contributed by atoms with Crippen molar-refractivity contribution in [1.82, 2.24) is 25.3 Å². The average Bonchev–Trinajstić information content (AvgIpc) is 2.95. The molecule has 4 heterocycles. The maximum Gasteiger partial charge on any atom is 0.323 e. The van der Waals surface area contributed by atoms with Crippen LogP contribution in [0, 0.1) is 4.78 Å². The Balaban J connectivity index is 1.33. The molecule has 0 radical (unpaired) electrons. The van der Waals surface area contributed by atoms with Gasteiger partial charge in [0.2, 0.25) is 5.95 Å². The Kier molecular flexibility index (Phi) is 7.68. The predicted molar refractivity (Wildman–Crippen MR) is 146 cm³/mol. The second-order valence-electron chi connectivity index (χ2n) is 9.54. The maximum absolute atomic E-state index is 13.0. The first-order valence-corrected chi connectivity index (χ1v) is 14.2. The van der Waals surface area contributed by atoms with E-state index in [1.54, 1.807) is 24.5 Å². The molecule has 4 aromatic rings. The second-order valence-corrected chi connectivity index (χ2v) is 11.6. The molecule has 0 bridgehead atoms. The molecule has 5 rings (SSSR count). The van der Waals surface area contributed by atoms with Crippen LogP contribution in [-0.2, 0) is 21.0 Å². The van der Waals surface area contributed by atoms with Crippen LogP contribution in [0.15, 0.2) is 65.8 Å². The molecule has 0 spiro atoms. The average molecular weight is 568 g/mol. The minimum absolute atomic E-state index is 0.0166. The van der Waals surface area contributed by atoms with Crippen molar-refractivity contribution in [3.8, 4) is 11.4 Å². The van der Waals surface area contributed by atoms with Crippen LogP contribution in [0.4, 0.5) is 14.7 Å². The number of carbonyl (C=O) groups is 1. The van der Waals surface area contributed by atoms with Gasteiger partial charge in [-0.1, -0.05) is 6.07 Å². The zero-order chi connectivity index (χ0) is 28.4. The van der Waals surface area contributed by atoms with Crippen molar-refractivity contribution in [2.24, 2.45) is 0 Å². The smallest absolute Gasteiger partial charge is 0.323 e. The quantitative estimate of drug-likeness (QED) is 0.338. The van der Waals surface area contributed by atoms with Crippen LogP contribution < -0.4 is 10.2 Å². The third-order valence-electron chi connectivity index (χ3n) is 6.37. The topological polar surface area (TPSA) is 134 Å². The van der Waals surface area contributed by atoms with E-state index in [0.29, 0.717) is 41.6 Å². The highest BCUT2D eigenvalue weighted by Crippen LogP contribution is 2.23. The van der Waals surface area contributed by atoms with Crippen LogP contribution in [0.25, 0.3) is 22.3 Å². The van der Waals surface area contributed by atoms with Crippen LogP contribution in [-0.4, -0.2) is 61.1 Å². The Hall–Kier alpha value is -4.10. The third kappa shape index (κ3) is 5.89. The number of aromatic nitrogens is 4. The fourth-order valence-electron chi connectivity index (χ4n) is 4.48. The van der Waals surface area contributed by atoms with Gasteiger partial charge >= 0.3 is 5.76 Å². The lowest BCUT2D eigenvalue weighted by Crippen LogP contribution is -2.46. The Labute approximate surface area is 229 Å². The number of rotatable bonds is 7. The maximum atomic E-state index is 13.0. The molecule has 208 valence electrons. The van der Waals surface area contributed by atoms with E-state index >= 15 is 0 Å². The zero-order valence-electron chi connectivity index (χ0n) is 21.8. The standard InChI is InChI=1S/C27H27F2N7O3S/c1-16-14-36(15-17(2)39-16)27-31-9-8-23(35-27)22-7-6-19-12-32-20(11-24(19)34-22)13-33-25(37)18-4-3-5-21(10-18)40(30,38)26(28)29/h3-12,16-17,26,30H,13-15H2,1-2H3,(H,33,37)/t16-,17+,40-/m0/s1. The number of hydrogen-bond donors (Lipinski definition) is 2. The number of pyridine rings is 2. The summed E-state index contributed by atoms with van der Waals surface area (Å²) < 4.78 is 51.2. The van der Waals surface area contributed by atoms with Gasteiger partial charge in [0.15, 0.2) is 0 Å². The lowest BCUT2D eigenvalue weighted by Gasteiger charge is -2.35. The molecular formula is C27H27F2N7O3S. The number of alkyl halides is 2. The highest BCUT2D eigenvalue weighted by atomic mass is 32.2. The highest BCUT2D eigenvalue weighted by Gasteiger charge is 2.25. The summed E-state index contributed by atoms with van der Waals surface area (Å²) in [6.07, 6.45) is 3.49. The molecule has 13 heteroatoms. The van der Waals surface area contributed by atoms with Crippen LogP contribution in [0.5, 0.6) is 0 Å². The van der Waals surface area contributed by atoms with Crippen molar-refractivity contribution in [2.75, 3.05) is 18.0 Å². The minimum Gasteiger partial charge on any atom is -0.372 e. The van der Waals surface area contributed by atoms with Crippen molar-refractivity contribution in [1.29, 1.82) is 4.78 Å². The number of anilines is 1. The summed E-state index contributed by atoms with van der Waals surface area (Å²) in [4.78, 5) is 32.7. The number of nitrogens with one attached hydrogen (secondary N) is 2. The number of hydrogen-bond acceptors (Lipinski definition) is 9. The van der Waals surface area contributed by atoms with E-state index in [4.69, 9.17) is 19.5 Å². The van der Waals surface area contributed by atoms with Crippen LogP contribution in [0.1, 0.15) is 29.9 Å². The molecular weight excluding hydrogens is 540 g/mol. The van der Waals surface area contributed by atoms with E-state index in [9.17, 15) is 17.8 Å². The summed E-state index contributed by atoms with van der Waals surface area (Å²) in [5, 5.41) is 3.48. The molecule has 1 aliphatic rings. The molecule has 0 saturated carbocycles. The van der Waals surface area contributed by atoms with Crippen molar-refractivity contribution in [3.05, 3.63) is 72.2 Å². The van der Waals surface area contributed by atoms with E-state index in [2.05, 4.69) is 20.2 Å². The zero-order valence-corrected chi connectivity index (χ0v) is 22.6. The van der Waals surface area contributed by atoms with Gasteiger partial charge in [0.1, 0.15) is 9.73 Å². The molecule has 3 aromatic heterocycles. The van der Waals surface area contributed by atoms with Gasteiger partial charge in [0, 0.05) is 36.4 Å². The molecule has 1 fully saturated rings. The molecule has 0 unspecified atom stereocenters. The molecule has 1 amide bonds. The molecule has 1 aliphatic heterocycles. The summed E-state index contributed by atoms with van der Waals surface area (Å²) >= 11 is 0. The number of halogens is 2. The number of carbonyl (C=O) groups excluding carboxylic acids is 1. The van der Waals surface area contributed by atoms with Gasteiger partial charge in [-0.25, -0.2) is 23.9 Å². The number of benzene rings is 1. The Morgan fingerprint density at radius 2 is 1.85 bits per heavy atom. The van der Waals surface area contributed by atoms with Crippen LogP contribution in [0.3, 0.4) is 0 Å². The summed E-state index contributed by atoms with van der Waals surface area (Å²) in [5.41, 5.74) is 2.51. The molecule has 0 aliphatic carbocycles. The molecule has 40 heavy (non-hydrogen) atoms. The first kappa shape index (κ1) is 27.5. The molecule has 2 N–H and O–H groups in total. The Morgan fingerprint density at radius 1 is 1.10 bits per heavy atom. The second kappa shape index (κ2) is 11.2. The summed E-state index contributed by atoms with van der Waals surface area (Å²) in [7, 11) is -4.32. The van der Waals surface area contributed by atoms with Gasteiger partial charge in [0.05, 0.1) is 46.2 Å². The van der Waals surface area contributed by atoms with Gasteiger partial charge < -0.3 is 15.0 Å². The summed E-state index contributed by atoms with van der Waals surface area (Å²) in [6.45, 7) is 5.47. The lowest BCUT2D eigenvalue weighted by atomic mass is 10.2. The van der Waals surface area contributed by atoms with Crippen molar-refractivity contribution in [3.63, 3.8) is 0 Å². The van der Waals surface area contributed by atoms with E-state index < -0.39 is 26.3 Å². The van der Waals surface area contributed by atoms with Crippen LogP contribution in [0.2, 0.25) is 0 Å². The van der Waals surface area contributed by atoms with Crippen molar-refractivity contribution >= 4 is 32.5 Å². The molecule has 1 aromatic carbocycles. The summed E-state index contributed by atoms with van der Waals surface area (Å²) in [5.74, 6) is -3.32. The first-order valence-electron chi connectivity index (χ1n) is 12.5. The van der Waals surface area contributed by atoms with E-state index in [-0.39, 0.29) is 24.3 Å². The fraction of sp³-hybridized carbons (Fsp3) is 0.296. The minimum atomic E-state index is -4.32. The van der Waals surface area contributed by atoms with E-state index in [1.165, 1.54) is 12.1 Å². The number of morpholine rings is 1. The van der Waals surface area contributed by atoms with Crippen molar-refractivity contribution < 1.29 is 22.5 Å². The molecule has 10 nitrogen and oxygen atoms in total. The Bertz CT molecular complexity index is 1660. The molecule has 1 saturated heterocycles. The fourth-order valence-corrected chi connectivity index (χ4v) is 5.27. The third-order valence-corrected chi connectivity index (χ3v) is 7.82. The SMILES string of the molecule is C[C@@H]1CN(c2nccc(-c3ccc4cnc(CNC(=O)c5cccc([S@](=N)(=O)C(F)F)c5)cc4n3)n2)C[C@H](C)O1. The van der Waals surface area contributed by atoms with E-state index in [0.717, 1.165) is 17.5 Å². The van der Waals surface area contributed by atoms with Gasteiger partial charge in [-0.15, -0.1) is 0 Å². The predicted octanol–water partition coefficient (Wildman–Crippen LogP) is 4.26. The van der Waals surface area contributed by atoms with E-state index in [1.807, 2.05) is 26.0 Å². The van der Waals surface area contributed by atoms with Gasteiger partial charge in [0.25, 0.3) is 5.91 Å². The number of ether oxygens (including phenoxy) is 1. The van der Waals surface area contributed by atoms with Crippen LogP contribution >= 0.6 is 0 Å². The van der Waals surface area contributed by atoms with Crippen molar-refractivity contribution in [2.45, 2.75) is 43.3 Å². The summed E-state index contributed by atoms with van der Waals surface area (Å²) in [6, 6.07) is 12.2. The largest absolute Gasteiger partial charge is 0.372 e.